The maximum atomic E-state index is 11.4. The third kappa shape index (κ3) is 3.12. The standard InChI is InChI=1S/C14H21NO2S/c1-18(16,17)13-9-7-12(8-10-13)14(15)11-5-3-2-4-6-11/h7-11,14H,2-6,15H2,1H3/t14-/m0/s1. The van der Waals surface area contributed by atoms with Crippen LogP contribution in [-0.2, 0) is 9.84 Å². The first kappa shape index (κ1) is 13.6. The fourth-order valence-electron chi connectivity index (χ4n) is 2.70. The predicted octanol–water partition coefficient (Wildman–Crippen LogP) is 2.67. The molecule has 100 valence electrons. The van der Waals surface area contributed by atoms with Crippen molar-refractivity contribution in [2.24, 2.45) is 11.7 Å². The van der Waals surface area contributed by atoms with Crippen molar-refractivity contribution in [2.75, 3.05) is 6.26 Å². The lowest BCUT2D eigenvalue weighted by atomic mass is 9.81. The van der Waals surface area contributed by atoms with Gasteiger partial charge in [0.2, 0.25) is 0 Å². The molecule has 1 saturated carbocycles. The molecule has 1 aromatic carbocycles. The predicted molar refractivity (Wildman–Crippen MR) is 73.1 cm³/mol. The Morgan fingerprint density at radius 1 is 1.11 bits per heavy atom. The van der Waals surface area contributed by atoms with Crippen LogP contribution in [-0.4, -0.2) is 14.7 Å². The summed E-state index contributed by atoms with van der Waals surface area (Å²) in [6.45, 7) is 0. The van der Waals surface area contributed by atoms with Crippen LogP contribution in [0.25, 0.3) is 0 Å². The number of benzene rings is 1. The summed E-state index contributed by atoms with van der Waals surface area (Å²) in [6, 6.07) is 7.07. The van der Waals surface area contributed by atoms with Crippen LogP contribution < -0.4 is 5.73 Å². The molecular weight excluding hydrogens is 246 g/mol. The summed E-state index contributed by atoms with van der Waals surface area (Å²) in [5.74, 6) is 0.544. The minimum atomic E-state index is -3.11. The summed E-state index contributed by atoms with van der Waals surface area (Å²) < 4.78 is 22.8. The Morgan fingerprint density at radius 3 is 2.17 bits per heavy atom. The highest BCUT2D eigenvalue weighted by Gasteiger charge is 2.22. The van der Waals surface area contributed by atoms with Gasteiger partial charge < -0.3 is 5.73 Å². The number of sulfone groups is 1. The Bertz CT molecular complexity index is 487. The monoisotopic (exact) mass is 267 g/mol. The lowest BCUT2D eigenvalue weighted by Crippen LogP contribution is -2.23. The average molecular weight is 267 g/mol. The Hall–Kier alpha value is -0.870. The topological polar surface area (TPSA) is 60.2 Å². The molecule has 1 aliphatic carbocycles. The summed E-state index contributed by atoms with van der Waals surface area (Å²) in [5.41, 5.74) is 7.33. The molecule has 2 N–H and O–H groups in total. The Kier molecular flexibility index (Phi) is 4.07. The van der Waals surface area contributed by atoms with Crippen molar-refractivity contribution in [1.82, 2.24) is 0 Å². The van der Waals surface area contributed by atoms with Crippen LogP contribution in [0, 0.1) is 5.92 Å². The number of rotatable bonds is 3. The maximum Gasteiger partial charge on any atom is 0.175 e. The van der Waals surface area contributed by atoms with Gasteiger partial charge in [0.25, 0.3) is 0 Å². The molecule has 1 aliphatic rings. The van der Waals surface area contributed by atoms with Gasteiger partial charge in [-0.25, -0.2) is 8.42 Å². The molecule has 0 aliphatic heterocycles. The Morgan fingerprint density at radius 2 is 1.67 bits per heavy atom. The molecule has 1 aromatic rings. The van der Waals surface area contributed by atoms with Crippen LogP contribution in [0.3, 0.4) is 0 Å². The van der Waals surface area contributed by atoms with Crippen molar-refractivity contribution in [3.05, 3.63) is 29.8 Å². The molecule has 0 amide bonds. The summed E-state index contributed by atoms with van der Waals surface area (Å²) in [5, 5.41) is 0. The van der Waals surface area contributed by atoms with E-state index in [1.54, 1.807) is 12.1 Å². The van der Waals surface area contributed by atoms with E-state index in [4.69, 9.17) is 5.73 Å². The fraction of sp³-hybridized carbons (Fsp3) is 0.571. The molecule has 1 fully saturated rings. The zero-order valence-corrected chi connectivity index (χ0v) is 11.6. The van der Waals surface area contributed by atoms with Gasteiger partial charge in [0.05, 0.1) is 4.90 Å². The first-order chi connectivity index (χ1) is 8.48. The summed E-state index contributed by atoms with van der Waals surface area (Å²) in [4.78, 5) is 0.363. The van der Waals surface area contributed by atoms with E-state index in [1.165, 1.54) is 38.4 Å². The largest absolute Gasteiger partial charge is 0.324 e. The SMILES string of the molecule is CS(=O)(=O)c1ccc([C@@H](N)C2CCCCC2)cc1. The van der Waals surface area contributed by atoms with E-state index in [2.05, 4.69) is 0 Å². The molecule has 18 heavy (non-hydrogen) atoms. The second-order valence-electron chi connectivity index (χ2n) is 5.27. The molecule has 0 spiro atoms. The molecule has 0 unspecified atom stereocenters. The van der Waals surface area contributed by atoms with Gasteiger partial charge in [-0.1, -0.05) is 31.4 Å². The molecular formula is C14H21NO2S. The number of hydrogen-bond acceptors (Lipinski definition) is 3. The van der Waals surface area contributed by atoms with Gasteiger partial charge in [0.1, 0.15) is 0 Å². The molecule has 0 radical (unpaired) electrons. The van der Waals surface area contributed by atoms with Gasteiger partial charge in [0.15, 0.2) is 9.84 Å². The van der Waals surface area contributed by atoms with E-state index in [0.29, 0.717) is 10.8 Å². The van der Waals surface area contributed by atoms with Crippen molar-refractivity contribution < 1.29 is 8.42 Å². The highest BCUT2D eigenvalue weighted by atomic mass is 32.2. The van der Waals surface area contributed by atoms with E-state index in [-0.39, 0.29) is 6.04 Å². The first-order valence-corrected chi connectivity index (χ1v) is 8.43. The van der Waals surface area contributed by atoms with Crippen LogP contribution in [0.15, 0.2) is 29.2 Å². The van der Waals surface area contributed by atoms with Crippen molar-refractivity contribution in [3.8, 4) is 0 Å². The Balaban J connectivity index is 2.13. The highest BCUT2D eigenvalue weighted by Crippen LogP contribution is 2.33. The molecule has 2 rings (SSSR count). The van der Waals surface area contributed by atoms with Gasteiger partial charge in [0, 0.05) is 12.3 Å². The van der Waals surface area contributed by atoms with Crippen LogP contribution in [0.1, 0.15) is 43.7 Å². The minimum Gasteiger partial charge on any atom is -0.324 e. The zero-order valence-electron chi connectivity index (χ0n) is 10.8. The van der Waals surface area contributed by atoms with Crippen LogP contribution >= 0.6 is 0 Å². The summed E-state index contributed by atoms with van der Waals surface area (Å²) >= 11 is 0. The van der Waals surface area contributed by atoms with Crippen molar-refractivity contribution in [1.29, 1.82) is 0 Å². The first-order valence-electron chi connectivity index (χ1n) is 6.54. The van der Waals surface area contributed by atoms with Crippen molar-refractivity contribution >= 4 is 9.84 Å². The minimum absolute atomic E-state index is 0.0407. The quantitative estimate of drug-likeness (QED) is 0.916. The third-order valence-electron chi connectivity index (χ3n) is 3.85. The van der Waals surface area contributed by atoms with Crippen LogP contribution in [0.2, 0.25) is 0 Å². The average Bonchev–Trinajstić information content (AvgIpc) is 2.38. The molecule has 4 heteroatoms. The van der Waals surface area contributed by atoms with Gasteiger partial charge in [-0.15, -0.1) is 0 Å². The summed E-state index contributed by atoms with van der Waals surface area (Å²) in [6.07, 6.45) is 7.45. The molecule has 3 nitrogen and oxygen atoms in total. The molecule has 0 aromatic heterocycles. The second-order valence-corrected chi connectivity index (χ2v) is 7.28. The second kappa shape index (κ2) is 5.41. The smallest absolute Gasteiger partial charge is 0.175 e. The fourth-order valence-corrected chi connectivity index (χ4v) is 3.33. The van der Waals surface area contributed by atoms with Gasteiger partial charge in [-0.3, -0.25) is 0 Å². The molecule has 0 heterocycles. The van der Waals surface area contributed by atoms with E-state index in [9.17, 15) is 8.42 Å². The van der Waals surface area contributed by atoms with Crippen molar-refractivity contribution in [2.45, 2.75) is 43.0 Å². The Labute approximate surface area is 109 Å². The zero-order chi connectivity index (χ0) is 13.2. The van der Waals surface area contributed by atoms with E-state index in [1.807, 2.05) is 12.1 Å². The van der Waals surface area contributed by atoms with Crippen LogP contribution in [0.5, 0.6) is 0 Å². The van der Waals surface area contributed by atoms with E-state index >= 15 is 0 Å². The van der Waals surface area contributed by atoms with E-state index in [0.717, 1.165) is 5.56 Å². The van der Waals surface area contributed by atoms with E-state index < -0.39 is 9.84 Å². The maximum absolute atomic E-state index is 11.4. The molecule has 0 bridgehead atoms. The molecule has 1 atom stereocenters. The third-order valence-corrected chi connectivity index (χ3v) is 4.98. The number of nitrogens with two attached hydrogens (primary N) is 1. The lowest BCUT2D eigenvalue weighted by Gasteiger charge is -2.27. The highest BCUT2D eigenvalue weighted by molar-refractivity contribution is 7.90. The summed E-state index contributed by atoms with van der Waals surface area (Å²) in [7, 11) is -3.11. The van der Waals surface area contributed by atoms with Crippen LogP contribution in [0.4, 0.5) is 0 Å². The van der Waals surface area contributed by atoms with Gasteiger partial charge >= 0.3 is 0 Å². The van der Waals surface area contributed by atoms with Crippen molar-refractivity contribution in [3.63, 3.8) is 0 Å². The lowest BCUT2D eigenvalue weighted by molar-refractivity contribution is 0.308. The number of hydrogen-bond donors (Lipinski definition) is 1. The van der Waals surface area contributed by atoms with Gasteiger partial charge in [-0.2, -0.15) is 0 Å². The molecule has 0 saturated heterocycles. The normalized spacial score (nSPS) is 19.7. The van der Waals surface area contributed by atoms with Gasteiger partial charge in [-0.05, 0) is 36.5 Å².